The van der Waals surface area contributed by atoms with Gasteiger partial charge in [0.15, 0.2) is 5.78 Å². The van der Waals surface area contributed by atoms with Gasteiger partial charge in [0, 0.05) is 11.6 Å². The van der Waals surface area contributed by atoms with E-state index in [2.05, 4.69) is 10.1 Å². The van der Waals surface area contributed by atoms with Gasteiger partial charge >= 0.3 is 0 Å². The van der Waals surface area contributed by atoms with Gasteiger partial charge in [0.25, 0.3) is 6.47 Å². The second-order valence-electron chi connectivity index (χ2n) is 6.00. The molecule has 1 N–H and O–H groups in total. The summed E-state index contributed by atoms with van der Waals surface area (Å²) in [5, 5.41) is 3.00. The Labute approximate surface area is 128 Å². The average Bonchev–Trinajstić information content (AvgIpc) is 2.89. The predicted molar refractivity (Wildman–Crippen MR) is 78.6 cm³/mol. The van der Waals surface area contributed by atoms with Crippen LogP contribution >= 0.6 is 0 Å². The molecule has 1 aliphatic rings. The number of Topliss-reactive ketones (excluding diaryl/α,β-unsaturated/α-hetero) is 1. The lowest BCUT2D eigenvalue weighted by Gasteiger charge is -2.14. The van der Waals surface area contributed by atoms with Crippen LogP contribution in [-0.4, -0.2) is 30.4 Å². The van der Waals surface area contributed by atoms with Gasteiger partial charge in [-0.3, -0.25) is 9.59 Å². The van der Waals surface area contributed by atoms with E-state index in [0.717, 1.165) is 37.6 Å². The Morgan fingerprint density at radius 2 is 1.86 bits per heavy atom. The molecule has 0 aliphatic carbocycles. The van der Waals surface area contributed by atoms with Crippen LogP contribution in [0.3, 0.4) is 0 Å². The van der Waals surface area contributed by atoms with E-state index < -0.39 is 11.6 Å². The molecular formula is C16H21F2NO3. The maximum Gasteiger partial charge on any atom is 0.293 e. The Bertz CT molecular complexity index is 500. The Kier molecular flexibility index (Phi) is 6.61. The van der Waals surface area contributed by atoms with Crippen molar-refractivity contribution in [2.75, 3.05) is 6.54 Å². The molecule has 0 aromatic heterocycles. The van der Waals surface area contributed by atoms with E-state index in [1.54, 1.807) is 0 Å². The molecule has 4 nitrogen and oxygen atoms in total. The number of rotatable bonds is 3. The van der Waals surface area contributed by atoms with Crippen LogP contribution in [0, 0.1) is 11.6 Å². The van der Waals surface area contributed by atoms with Crippen molar-refractivity contribution in [2.24, 2.45) is 0 Å². The topological polar surface area (TPSA) is 55.4 Å². The van der Waals surface area contributed by atoms with Crippen molar-refractivity contribution >= 4 is 12.3 Å². The van der Waals surface area contributed by atoms with Crippen molar-refractivity contribution in [3.8, 4) is 0 Å². The highest BCUT2D eigenvalue weighted by molar-refractivity contribution is 6.00. The van der Waals surface area contributed by atoms with Crippen molar-refractivity contribution in [2.45, 2.75) is 45.3 Å². The van der Waals surface area contributed by atoms with Crippen molar-refractivity contribution in [3.05, 3.63) is 35.4 Å². The number of carbonyl (C=O) groups is 2. The van der Waals surface area contributed by atoms with Crippen LogP contribution in [0.4, 0.5) is 8.78 Å². The molecule has 0 unspecified atom stereocenters. The quantitative estimate of drug-likeness (QED) is 0.689. The predicted octanol–water partition coefficient (Wildman–Crippen LogP) is 2.86. The number of ether oxygens (including phenoxy) is 1. The molecule has 122 valence electrons. The molecule has 1 fully saturated rings. The molecule has 1 aliphatic heterocycles. The summed E-state index contributed by atoms with van der Waals surface area (Å²) < 4.78 is 30.3. The average molecular weight is 313 g/mol. The lowest BCUT2D eigenvalue weighted by Crippen LogP contribution is -2.30. The first kappa shape index (κ1) is 18.2. The van der Waals surface area contributed by atoms with Crippen LogP contribution < -0.4 is 5.32 Å². The normalized spacial score (nSPS) is 17.4. The third-order valence-corrected chi connectivity index (χ3v) is 2.93. The van der Waals surface area contributed by atoms with Gasteiger partial charge in [-0.15, -0.1) is 0 Å². The maximum absolute atomic E-state index is 12.9. The molecule has 0 bridgehead atoms. The summed E-state index contributed by atoms with van der Waals surface area (Å²) in [5.41, 5.74) is -0.214. The first-order valence-electron chi connectivity index (χ1n) is 7.08. The summed E-state index contributed by atoms with van der Waals surface area (Å²) in [4.78, 5) is 21.4. The van der Waals surface area contributed by atoms with Gasteiger partial charge in [0.05, 0.1) is 6.04 Å². The molecule has 1 saturated heterocycles. The van der Waals surface area contributed by atoms with Gasteiger partial charge in [0.2, 0.25) is 0 Å². The Morgan fingerprint density at radius 3 is 2.23 bits per heavy atom. The van der Waals surface area contributed by atoms with E-state index in [9.17, 15) is 18.4 Å². The van der Waals surface area contributed by atoms with E-state index in [1.165, 1.54) is 0 Å². The van der Waals surface area contributed by atoms with Gasteiger partial charge in [-0.2, -0.15) is 0 Å². The van der Waals surface area contributed by atoms with Crippen molar-refractivity contribution in [1.82, 2.24) is 5.32 Å². The molecule has 1 aromatic rings. The number of hydrogen-bond acceptors (Lipinski definition) is 4. The summed E-state index contributed by atoms with van der Waals surface area (Å²) in [6, 6.07) is 2.63. The first-order chi connectivity index (χ1) is 10.2. The van der Waals surface area contributed by atoms with Gasteiger partial charge in [0.1, 0.15) is 17.2 Å². The van der Waals surface area contributed by atoms with Gasteiger partial charge in [-0.1, -0.05) is 0 Å². The molecule has 0 spiro atoms. The highest BCUT2D eigenvalue weighted by Crippen LogP contribution is 2.14. The molecule has 6 heteroatoms. The van der Waals surface area contributed by atoms with Gasteiger partial charge in [-0.25, -0.2) is 8.78 Å². The molecule has 0 radical (unpaired) electrons. The monoisotopic (exact) mass is 313 g/mol. The van der Waals surface area contributed by atoms with Crippen LogP contribution in [0.5, 0.6) is 0 Å². The molecular weight excluding hydrogens is 292 g/mol. The third kappa shape index (κ3) is 6.30. The van der Waals surface area contributed by atoms with Crippen molar-refractivity contribution in [1.29, 1.82) is 0 Å². The molecule has 0 saturated carbocycles. The van der Waals surface area contributed by atoms with Crippen LogP contribution in [0.15, 0.2) is 18.2 Å². The molecule has 2 rings (SSSR count). The number of nitrogens with one attached hydrogen (secondary N) is 1. The first-order valence-corrected chi connectivity index (χ1v) is 7.08. The Morgan fingerprint density at radius 1 is 1.27 bits per heavy atom. The van der Waals surface area contributed by atoms with E-state index in [-0.39, 0.29) is 23.0 Å². The molecule has 22 heavy (non-hydrogen) atoms. The van der Waals surface area contributed by atoms with E-state index >= 15 is 0 Å². The zero-order chi connectivity index (χ0) is 16.8. The third-order valence-electron chi connectivity index (χ3n) is 2.93. The Hall–Kier alpha value is -1.82. The molecule has 1 atom stereocenters. The maximum atomic E-state index is 12.9. The van der Waals surface area contributed by atoms with Crippen molar-refractivity contribution < 1.29 is 23.1 Å². The smallest absolute Gasteiger partial charge is 0.293 e. The van der Waals surface area contributed by atoms with E-state index in [4.69, 9.17) is 0 Å². The highest BCUT2D eigenvalue weighted by atomic mass is 19.1. The Balaban J connectivity index is 0.000000295. The minimum atomic E-state index is -0.712. The largest absolute Gasteiger partial charge is 0.462 e. The van der Waals surface area contributed by atoms with Crippen LogP contribution in [0.1, 0.15) is 44.0 Å². The summed E-state index contributed by atoms with van der Waals surface area (Å²) in [7, 11) is 0. The number of halogens is 2. The second-order valence-corrected chi connectivity index (χ2v) is 6.00. The lowest BCUT2D eigenvalue weighted by molar-refractivity contribution is -0.138. The molecule has 0 amide bonds. The fourth-order valence-corrected chi connectivity index (χ4v) is 1.95. The summed E-state index contributed by atoms with van der Waals surface area (Å²) in [5.74, 6) is -1.65. The van der Waals surface area contributed by atoms with Crippen LogP contribution in [0.2, 0.25) is 0 Å². The fraction of sp³-hybridized carbons (Fsp3) is 0.500. The van der Waals surface area contributed by atoms with Gasteiger partial charge < -0.3 is 10.1 Å². The summed E-state index contributed by atoms with van der Waals surface area (Å²) in [6.07, 6.45) is 1.66. The number of ketones is 1. The molecule has 1 heterocycles. The summed E-state index contributed by atoms with van der Waals surface area (Å²) >= 11 is 0. The van der Waals surface area contributed by atoms with Crippen LogP contribution in [-0.2, 0) is 9.53 Å². The number of hydrogen-bond donors (Lipinski definition) is 1. The standard InChI is InChI=1S/C11H11F2NO.C5H10O2/c12-8-4-7(5-9(13)6-8)11(15)10-2-1-3-14-10;1-5(2,3)7-4-6/h4-6,10,14H,1-3H2;4H,1-3H3/t10-;/m0./s1. The second kappa shape index (κ2) is 7.98. The fourth-order valence-electron chi connectivity index (χ4n) is 1.95. The van der Waals surface area contributed by atoms with E-state index in [1.807, 2.05) is 20.8 Å². The lowest BCUT2D eigenvalue weighted by atomic mass is 10.0. The minimum Gasteiger partial charge on any atom is -0.462 e. The summed E-state index contributed by atoms with van der Waals surface area (Å²) in [6.45, 7) is 6.71. The van der Waals surface area contributed by atoms with Gasteiger partial charge in [-0.05, 0) is 52.3 Å². The van der Waals surface area contributed by atoms with Crippen molar-refractivity contribution in [3.63, 3.8) is 0 Å². The SMILES string of the molecule is CC(C)(C)OC=O.O=C(c1cc(F)cc(F)c1)[C@@H]1CCCN1. The van der Waals surface area contributed by atoms with E-state index in [0.29, 0.717) is 6.47 Å². The highest BCUT2D eigenvalue weighted by Gasteiger charge is 2.23. The molecule has 1 aromatic carbocycles. The zero-order valence-corrected chi connectivity index (χ0v) is 13.0. The van der Waals surface area contributed by atoms with Crippen LogP contribution in [0.25, 0.3) is 0 Å². The number of carbonyl (C=O) groups excluding carboxylic acids is 2. The number of benzene rings is 1. The minimum absolute atomic E-state index is 0.104. The zero-order valence-electron chi connectivity index (χ0n) is 13.0.